The predicted octanol–water partition coefficient (Wildman–Crippen LogP) is 1.83. The summed E-state index contributed by atoms with van der Waals surface area (Å²) in [4.78, 5) is 17.8. The monoisotopic (exact) mass is 288 g/mol. The van der Waals surface area contributed by atoms with E-state index in [9.17, 15) is 4.79 Å². The minimum Gasteiger partial charge on any atom is -0.492 e. The summed E-state index contributed by atoms with van der Waals surface area (Å²) in [5.74, 6) is 1.50. The quantitative estimate of drug-likeness (QED) is 0.880. The molecule has 2 aromatic rings. The second kappa shape index (κ2) is 6.88. The summed E-state index contributed by atoms with van der Waals surface area (Å²) in [5, 5.41) is 6.65. The summed E-state index contributed by atoms with van der Waals surface area (Å²) in [7, 11) is 1.71. The molecule has 0 aliphatic rings. The molecule has 0 radical (unpaired) electrons. The summed E-state index contributed by atoms with van der Waals surface area (Å²) >= 11 is 0. The Morgan fingerprint density at radius 1 is 1.33 bits per heavy atom. The molecule has 6 nitrogen and oxygen atoms in total. The number of amides is 1. The van der Waals surface area contributed by atoms with E-state index in [0.717, 1.165) is 12.2 Å². The third-order valence-corrected chi connectivity index (χ3v) is 3.12. The van der Waals surface area contributed by atoms with Gasteiger partial charge in [0.05, 0.1) is 6.54 Å². The Labute approximate surface area is 124 Å². The van der Waals surface area contributed by atoms with Crippen molar-refractivity contribution >= 4 is 5.91 Å². The first-order valence-corrected chi connectivity index (χ1v) is 6.96. The highest BCUT2D eigenvalue weighted by Crippen LogP contribution is 2.11. The van der Waals surface area contributed by atoms with Gasteiger partial charge in [0.2, 0.25) is 5.82 Å². The number of likely N-dealkylation sites (N-methyl/N-ethyl adjacent to an activating group) is 1. The van der Waals surface area contributed by atoms with E-state index in [2.05, 4.69) is 15.2 Å². The molecule has 21 heavy (non-hydrogen) atoms. The van der Waals surface area contributed by atoms with Gasteiger partial charge in [-0.3, -0.25) is 9.89 Å². The number of hydrogen-bond donors (Lipinski definition) is 1. The number of aryl methyl sites for hydroxylation is 2. The van der Waals surface area contributed by atoms with Crippen molar-refractivity contribution < 1.29 is 9.53 Å². The van der Waals surface area contributed by atoms with Gasteiger partial charge < -0.3 is 9.64 Å². The van der Waals surface area contributed by atoms with Gasteiger partial charge in [0, 0.05) is 13.5 Å². The second-order valence-electron chi connectivity index (χ2n) is 4.85. The maximum absolute atomic E-state index is 12.1. The molecule has 0 atom stereocenters. The van der Waals surface area contributed by atoms with Crippen LogP contribution < -0.4 is 4.74 Å². The van der Waals surface area contributed by atoms with Crippen LogP contribution in [0.4, 0.5) is 0 Å². The van der Waals surface area contributed by atoms with Gasteiger partial charge in [0.25, 0.3) is 5.91 Å². The fourth-order valence-corrected chi connectivity index (χ4v) is 1.76. The van der Waals surface area contributed by atoms with Crippen LogP contribution in [0.5, 0.6) is 5.75 Å². The van der Waals surface area contributed by atoms with Gasteiger partial charge in [-0.15, -0.1) is 5.10 Å². The standard InChI is InChI=1S/C15H20N4O2/c1-4-13-16-14(18-17-13)15(20)19(3)9-10-21-12-7-5-11(2)6-8-12/h5-8H,4,9-10H2,1-3H3,(H,16,17,18). The highest BCUT2D eigenvalue weighted by molar-refractivity contribution is 5.90. The van der Waals surface area contributed by atoms with Gasteiger partial charge in [-0.25, -0.2) is 4.98 Å². The first kappa shape index (κ1) is 15.0. The van der Waals surface area contributed by atoms with E-state index in [1.807, 2.05) is 38.1 Å². The molecule has 1 N–H and O–H groups in total. The topological polar surface area (TPSA) is 71.1 Å². The van der Waals surface area contributed by atoms with Crippen LogP contribution in [0.1, 0.15) is 28.9 Å². The van der Waals surface area contributed by atoms with Crippen molar-refractivity contribution in [2.24, 2.45) is 0 Å². The Hall–Kier alpha value is -2.37. The van der Waals surface area contributed by atoms with E-state index in [0.29, 0.717) is 19.0 Å². The predicted molar refractivity (Wildman–Crippen MR) is 79.4 cm³/mol. The Morgan fingerprint density at radius 3 is 2.67 bits per heavy atom. The Bertz CT molecular complexity index is 592. The van der Waals surface area contributed by atoms with E-state index in [-0.39, 0.29) is 11.7 Å². The van der Waals surface area contributed by atoms with Crippen molar-refractivity contribution in [3.05, 3.63) is 41.5 Å². The van der Waals surface area contributed by atoms with Crippen LogP contribution in [-0.4, -0.2) is 46.2 Å². The van der Waals surface area contributed by atoms with E-state index in [1.54, 1.807) is 11.9 Å². The van der Waals surface area contributed by atoms with Crippen LogP contribution in [0.2, 0.25) is 0 Å². The first-order chi connectivity index (χ1) is 10.1. The summed E-state index contributed by atoms with van der Waals surface area (Å²) < 4.78 is 5.60. The van der Waals surface area contributed by atoms with Crippen molar-refractivity contribution in [2.75, 3.05) is 20.2 Å². The molecule has 0 saturated heterocycles. The zero-order valence-electron chi connectivity index (χ0n) is 12.6. The largest absolute Gasteiger partial charge is 0.492 e. The number of carbonyl (C=O) groups is 1. The number of ether oxygens (including phenoxy) is 1. The fourth-order valence-electron chi connectivity index (χ4n) is 1.76. The maximum atomic E-state index is 12.1. The number of nitrogens with zero attached hydrogens (tertiary/aromatic N) is 3. The van der Waals surface area contributed by atoms with Crippen LogP contribution in [-0.2, 0) is 6.42 Å². The molecule has 0 spiro atoms. The fraction of sp³-hybridized carbons (Fsp3) is 0.400. The first-order valence-electron chi connectivity index (χ1n) is 6.96. The van der Waals surface area contributed by atoms with Crippen molar-refractivity contribution in [2.45, 2.75) is 20.3 Å². The molecule has 6 heteroatoms. The number of nitrogens with one attached hydrogen (secondary N) is 1. The average molecular weight is 288 g/mol. The Morgan fingerprint density at radius 2 is 2.05 bits per heavy atom. The SMILES string of the molecule is CCc1nc(C(=O)N(C)CCOc2ccc(C)cc2)n[nH]1. The Kier molecular flexibility index (Phi) is 4.92. The zero-order chi connectivity index (χ0) is 15.2. The number of benzene rings is 1. The molecule has 0 aliphatic carbocycles. The minimum absolute atomic E-state index is 0.199. The molecule has 1 aromatic carbocycles. The van der Waals surface area contributed by atoms with E-state index < -0.39 is 0 Å². The normalized spacial score (nSPS) is 10.4. The zero-order valence-corrected chi connectivity index (χ0v) is 12.6. The lowest BCUT2D eigenvalue weighted by Crippen LogP contribution is -2.31. The van der Waals surface area contributed by atoms with Gasteiger partial charge in [-0.1, -0.05) is 24.6 Å². The molecule has 0 bridgehead atoms. The second-order valence-corrected chi connectivity index (χ2v) is 4.85. The van der Waals surface area contributed by atoms with Crippen LogP contribution >= 0.6 is 0 Å². The molecule has 1 amide bonds. The molecular formula is C15H20N4O2. The van der Waals surface area contributed by atoms with Crippen LogP contribution in [0.25, 0.3) is 0 Å². The molecule has 0 fully saturated rings. The van der Waals surface area contributed by atoms with Crippen molar-refractivity contribution in [1.82, 2.24) is 20.1 Å². The Balaban J connectivity index is 1.82. The number of hydrogen-bond acceptors (Lipinski definition) is 4. The van der Waals surface area contributed by atoms with Crippen molar-refractivity contribution in [3.8, 4) is 5.75 Å². The highest BCUT2D eigenvalue weighted by Gasteiger charge is 2.16. The number of aromatic amines is 1. The van der Waals surface area contributed by atoms with Crippen LogP contribution in [0.15, 0.2) is 24.3 Å². The van der Waals surface area contributed by atoms with Crippen LogP contribution in [0.3, 0.4) is 0 Å². The third kappa shape index (κ3) is 4.05. The molecule has 0 saturated carbocycles. The number of H-pyrrole nitrogens is 1. The summed E-state index contributed by atoms with van der Waals surface area (Å²) in [6.45, 7) is 4.88. The molecule has 0 aliphatic heterocycles. The average Bonchev–Trinajstić information content (AvgIpc) is 2.97. The van der Waals surface area contributed by atoms with Crippen molar-refractivity contribution in [1.29, 1.82) is 0 Å². The third-order valence-electron chi connectivity index (χ3n) is 3.12. The van der Waals surface area contributed by atoms with E-state index in [4.69, 9.17) is 4.74 Å². The molecule has 0 unspecified atom stereocenters. The number of rotatable bonds is 6. The lowest BCUT2D eigenvalue weighted by molar-refractivity contribution is 0.0762. The molecule has 112 valence electrons. The van der Waals surface area contributed by atoms with E-state index >= 15 is 0 Å². The van der Waals surface area contributed by atoms with Gasteiger partial charge in [0.1, 0.15) is 18.2 Å². The number of carbonyl (C=O) groups excluding carboxylic acids is 1. The van der Waals surface area contributed by atoms with Gasteiger partial charge >= 0.3 is 0 Å². The van der Waals surface area contributed by atoms with E-state index in [1.165, 1.54) is 5.56 Å². The highest BCUT2D eigenvalue weighted by atomic mass is 16.5. The van der Waals surface area contributed by atoms with Crippen LogP contribution in [0, 0.1) is 6.92 Å². The summed E-state index contributed by atoms with van der Waals surface area (Å²) in [6, 6.07) is 7.81. The lowest BCUT2D eigenvalue weighted by atomic mass is 10.2. The molecule has 2 rings (SSSR count). The summed E-state index contributed by atoms with van der Waals surface area (Å²) in [5.41, 5.74) is 1.19. The van der Waals surface area contributed by atoms with Crippen molar-refractivity contribution in [3.63, 3.8) is 0 Å². The summed E-state index contributed by atoms with van der Waals surface area (Å²) in [6.07, 6.45) is 0.723. The molecule has 1 aromatic heterocycles. The smallest absolute Gasteiger partial charge is 0.293 e. The molecular weight excluding hydrogens is 268 g/mol. The lowest BCUT2D eigenvalue weighted by Gasteiger charge is -2.15. The maximum Gasteiger partial charge on any atom is 0.293 e. The number of aromatic nitrogens is 3. The van der Waals surface area contributed by atoms with Gasteiger partial charge in [0.15, 0.2) is 0 Å². The molecule has 1 heterocycles. The van der Waals surface area contributed by atoms with Gasteiger partial charge in [-0.2, -0.15) is 0 Å². The van der Waals surface area contributed by atoms with Gasteiger partial charge in [-0.05, 0) is 19.1 Å². The minimum atomic E-state index is -0.210.